The van der Waals surface area contributed by atoms with Crippen molar-refractivity contribution < 1.29 is 40.6 Å². The van der Waals surface area contributed by atoms with Gasteiger partial charge >= 0.3 is 12.8 Å². The number of anilines is 1. The van der Waals surface area contributed by atoms with Crippen molar-refractivity contribution in [2.75, 3.05) is 11.9 Å². The average Bonchev–Trinajstić information content (AvgIpc) is 2.92. The smallest absolute Gasteiger partial charge is 0.386 e. The Morgan fingerprint density at radius 3 is 2.39 bits per heavy atom. The van der Waals surface area contributed by atoms with Gasteiger partial charge in [0, 0.05) is 30.6 Å². The Labute approximate surface area is 243 Å². The summed E-state index contributed by atoms with van der Waals surface area (Å²) < 4.78 is 101. The lowest BCUT2D eigenvalue weighted by Crippen LogP contribution is -2.35. The molecule has 0 aliphatic carbocycles. The van der Waals surface area contributed by atoms with Crippen LogP contribution in [0, 0.1) is 5.82 Å². The zero-order chi connectivity index (χ0) is 32.4. The summed E-state index contributed by atoms with van der Waals surface area (Å²) in [5, 5.41) is 17.3. The zero-order valence-electron chi connectivity index (χ0n) is 23.0. The second-order valence-electron chi connectivity index (χ2n) is 10.3. The van der Waals surface area contributed by atoms with Crippen molar-refractivity contribution in [3.05, 3.63) is 80.6 Å². The van der Waals surface area contributed by atoms with Crippen LogP contribution >= 0.6 is 0 Å². The van der Waals surface area contributed by atoms with Gasteiger partial charge in [0.25, 0.3) is 11.1 Å². The van der Waals surface area contributed by atoms with Gasteiger partial charge < -0.3 is 19.7 Å². The van der Waals surface area contributed by atoms with Crippen molar-refractivity contribution in [1.82, 2.24) is 24.7 Å². The number of halogens is 7. The molecule has 3 heterocycles. The molecule has 0 aliphatic heterocycles. The Morgan fingerprint density at radius 2 is 1.77 bits per heavy atom. The quantitative estimate of drug-likeness (QED) is 0.208. The first kappa shape index (κ1) is 32.5. The largest absolute Gasteiger partial charge is 0.423 e. The van der Waals surface area contributed by atoms with Crippen LogP contribution in [0.25, 0.3) is 22.2 Å². The molecule has 3 aromatic heterocycles. The Balaban J connectivity index is 1.57. The number of rotatable bonds is 11. The number of pyridine rings is 1. The monoisotopic (exact) mass is 630 g/mol. The van der Waals surface area contributed by atoms with E-state index in [1.807, 2.05) is 0 Å². The van der Waals surface area contributed by atoms with Gasteiger partial charge in [0.05, 0.1) is 47.6 Å². The predicted octanol–water partition coefficient (Wildman–Crippen LogP) is 4.38. The lowest BCUT2D eigenvalue weighted by Gasteiger charge is -2.23. The molecule has 4 aromatic rings. The second-order valence-corrected chi connectivity index (χ2v) is 10.3. The molecule has 0 amide bonds. The molecule has 0 unspecified atom stereocenters. The van der Waals surface area contributed by atoms with Crippen LogP contribution in [0.5, 0.6) is 0 Å². The molecule has 17 heteroatoms. The van der Waals surface area contributed by atoms with Gasteiger partial charge in [0.1, 0.15) is 17.6 Å². The molecular formula is C27H25F7N6O4. The number of aromatic nitrogens is 5. The van der Waals surface area contributed by atoms with E-state index < -0.39 is 78.4 Å². The molecule has 0 aliphatic rings. The Hall–Kier alpha value is -4.38. The third kappa shape index (κ3) is 7.57. The van der Waals surface area contributed by atoms with Crippen molar-refractivity contribution in [3.8, 4) is 11.4 Å². The predicted molar refractivity (Wildman–Crippen MR) is 143 cm³/mol. The van der Waals surface area contributed by atoms with Crippen LogP contribution in [0.3, 0.4) is 0 Å². The first-order valence-corrected chi connectivity index (χ1v) is 12.9. The van der Waals surface area contributed by atoms with E-state index in [2.05, 4.69) is 25.1 Å². The van der Waals surface area contributed by atoms with E-state index in [0.717, 1.165) is 10.6 Å². The molecule has 0 radical (unpaired) electrons. The molecule has 236 valence electrons. The van der Waals surface area contributed by atoms with E-state index in [1.54, 1.807) is 5.10 Å². The number of H-pyrrole nitrogens is 1. The number of benzene rings is 1. The highest BCUT2D eigenvalue weighted by Gasteiger charge is 2.38. The van der Waals surface area contributed by atoms with Crippen LogP contribution in [0.15, 0.2) is 52.6 Å². The van der Waals surface area contributed by atoms with Crippen LogP contribution in [0.1, 0.15) is 31.4 Å². The Bertz CT molecular complexity index is 1740. The summed E-state index contributed by atoms with van der Waals surface area (Å²) in [6.07, 6.45) is -3.42. The van der Waals surface area contributed by atoms with Gasteiger partial charge in [-0.3, -0.25) is 9.59 Å². The molecule has 4 rings (SSSR count). The summed E-state index contributed by atoms with van der Waals surface area (Å²) in [6.45, 7) is -1.91. The summed E-state index contributed by atoms with van der Waals surface area (Å²) in [6, 6.07) is 2.12. The van der Waals surface area contributed by atoms with Crippen LogP contribution in [-0.2, 0) is 23.1 Å². The SMILES string of the molecule is CC(C)(O)c1cnc(-c2cc3ccn(C[C@@H](F)C[C@@H](COC(F)F)Nc4cn[nH]c(=O)c4C(F)(F)F)c(=O)c3cc2F)nc1. The van der Waals surface area contributed by atoms with Crippen LogP contribution in [-0.4, -0.2) is 55.3 Å². The molecular weight excluding hydrogens is 605 g/mol. The normalized spacial score (nSPS) is 13.8. The van der Waals surface area contributed by atoms with Gasteiger partial charge in [-0.15, -0.1) is 0 Å². The minimum atomic E-state index is -5.15. The van der Waals surface area contributed by atoms with E-state index in [9.17, 15) is 36.6 Å². The molecule has 44 heavy (non-hydrogen) atoms. The fourth-order valence-electron chi connectivity index (χ4n) is 4.37. The van der Waals surface area contributed by atoms with E-state index in [-0.39, 0.29) is 22.2 Å². The van der Waals surface area contributed by atoms with Gasteiger partial charge in [-0.25, -0.2) is 23.8 Å². The van der Waals surface area contributed by atoms with Crippen LogP contribution in [0.4, 0.5) is 36.4 Å². The second kappa shape index (κ2) is 12.7. The fourth-order valence-corrected chi connectivity index (χ4v) is 4.37. The highest BCUT2D eigenvalue weighted by Crippen LogP contribution is 2.32. The number of hydrogen-bond donors (Lipinski definition) is 3. The van der Waals surface area contributed by atoms with E-state index in [0.29, 0.717) is 11.8 Å². The standard InChI is InChI=1S/C27H25F7N6O4/c1-26(2,43)14-8-35-22(36-9-14)18-5-13-3-4-40(24(42)17(13)7-19(18)29)11-15(28)6-16(12-44-25(30)31)38-20-10-37-39-23(41)21(20)27(32,33)34/h3-5,7-10,15-16,25,43H,6,11-12H2,1-2H3,(H2,38,39,41)/t15-,16-/m0/s1. The minimum Gasteiger partial charge on any atom is -0.386 e. The molecule has 0 saturated heterocycles. The first-order chi connectivity index (χ1) is 20.5. The number of aliphatic hydroxyl groups is 1. The Morgan fingerprint density at radius 1 is 1.09 bits per heavy atom. The number of fused-ring (bicyclic) bond motifs is 1. The molecule has 0 spiro atoms. The molecule has 1 aromatic carbocycles. The summed E-state index contributed by atoms with van der Waals surface area (Å²) in [4.78, 5) is 32.9. The molecule has 2 atom stereocenters. The van der Waals surface area contributed by atoms with Gasteiger partial charge in [0.2, 0.25) is 0 Å². The van der Waals surface area contributed by atoms with Gasteiger partial charge in [-0.2, -0.15) is 27.1 Å². The third-order valence-electron chi connectivity index (χ3n) is 6.52. The minimum absolute atomic E-state index is 0.0146. The maximum atomic E-state index is 15.2. The first-order valence-electron chi connectivity index (χ1n) is 12.9. The number of alkyl halides is 6. The fraction of sp³-hybridized carbons (Fsp3) is 0.370. The van der Waals surface area contributed by atoms with Gasteiger partial charge in [-0.05, 0) is 37.4 Å². The molecule has 0 saturated carbocycles. The van der Waals surface area contributed by atoms with Gasteiger partial charge in [0.15, 0.2) is 5.82 Å². The topological polar surface area (TPSA) is 135 Å². The number of ether oxygens (including phenoxy) is 1. The van der Waals surface area contributed by atoms with Crippen molar-refractivity contribution in [2.24, 2.45) is 0 Å². The molecule has 10 nitrogen and oxygen atoms in total. The highest BCUT2D eigenvalue weighted by atomic mass is 19.4. The highest BCUT2D eigenvalue weighted by molar-refractivity contribution is 5.86. The van der Waals surface area contributed by atoms with Gasteiger partial charge in [-0.1, -0.05) is 0 Å². The van der Waals surface area contributed by atoms with Crippen LogP contribution in [0.2, 0.25) is 0 Å². The van der Waals surface area contributed by atoms with Crippen molar-refractivity contribution in [2.45, 2.75) is 57.4 Å². The molecule has 0 bridgehead atoms. The van der Waals surface area contributed by atoms with Crippen molar-refractivity contribution in [3.63, 3.8) is 0 Å². The van der Waals surface area contributed by atoms with Crippen molar-refractivity contribution >= 4 is 16.5 Å². The van der Waals surface area contributed by atoms with Crippen LogP contribution < -0.4 is 16.4 Å². The lowest BCUT2D eigenvalue weighted by molar-refractivity contribution is -0.138. The average molecular weight is 631 g/mol. The van der Waals surface area contributed by atoms with Crippen molar-refractivity contribution in [1.29, 1.82) is 0 Å². The molecule has 3 N–H and O–H groups in total. The number of hydrogen-bond acceptors (Lipinski definition) is 8. The van der Waals surface area contributed by atoms with E-state index in [4.69, 9.17) is 0 Å². The number of nitrogens with zero attached hydrogens (tertiary/aromatic N) is 4. The van der Waals surface area contributed by atoms with E-state index in [1.165, 1.54) is 44.6 Å². The summed E-state index contributed by atoms with van der Waals surface area (Å²) >= 11 is 0. The summed E-state index contributed by atoms with van der Waals surface area (Å²) in [7, 11) is 0. The van der Waals surface area contributed by atoms with E-state index >= 15 is 8.78 Å². The molecule has 0 fully saturated rings. The Kier molecular flexibility index (Phi) is 9.39. The third-order valence-corrected chi connectivity index (χ3v) is 6.52. The lowest BCUT2D eigenvalue weighted by atomic mass is 10.0. The number of nitrogens with one attached hydrogen (secondary N) is 2. The zero-order valence-corrected chi connectivity index (χ0v) is 23.0. The maximum absolute atomic E-state index is 15.2. The summed E-state index contributed by atoms with van der Waals surface area (Å²) in [5.41, 5.74) is -5.88. The summed E-state index contributed by atoms with van der Waals surface area (Å²) in [5.74, 6) is -0.875. The number of aromatic amines is 1. The maximum Gasteiger partial charge on any atom is 0.423 e.